The average molecular weight is 241 g/mol. The Morgan fingerprint density at radius 1 is 1.18 bits per heavy atom. The van der Waals surface area contributed by atoms with Gasteiger partial charge in [-0.3, -0.25) is 9.59 Å². The van der Waals surface area contributed by atoms with Crippen molar-refractivity contribution in [3.8, 4) is 0 Å². The molecule has 1 saturated carbocycles. The van der Waals surface area contributed by atoms with Gasteiger partial charge in [-0.05, 0) is 25.7 Å². The van der Waals surface area contributed by atoms with Crippen LogP contribution in [0.1, 0.15) is 51.9 Å². The fraction of sp³-hybridized carbons (Fsp3) is 0.846. The summed E-state index contributed by atoms with van der Waals surface area (Å²) in [7, 11) is 0. The van der Waals surface area contributed by atoms with Gasteiger partial charge in [0.1, 0.15) is 0 Å². The van der Waals surface area contributed by atoms with Gasteiger partial charge in [0, 0.05) is 13.0 Å². The standard InChI is InChI=1S/C13H23NO3/c1-2-17-13(16)9-8-12(15)14-10-11-6-4-3-5-7-11/h11H,2-10H2,1H3,(H,14,15). The Morgan fingerprint density at radius 2 is 1.88 bits per heavy atom. The summed E-state index contributed by atoms with van der Waals surface area (Å²) in [6.07, 6.45) is 6.76. The summed E-state index contributed by atoms with van der Waals surface area (Å²) in [5, 5.41) is 2.90. The number of nitrogens with one attached hydrogen (secondary N) is 1. The lowest BCUT2D eigenvalue weighted by atomic mass is 9.89. The van der Waals surface area contributed by atoms with Crippen molar-refractivity contribution in [3.63, 3.8) is 0 Å². The molecule has 4 heteroatoms. The summed E-state index contributed by atoms with van der Waals surface area (Å²) in [6, 6.07) is 0. The molecule has 0 aromatic carbocycles. The highest BCUT2D eigenvalue weighted by Crippen LogP contribution is 2.22. The monoisotopic (exact) mass is 241 g/mol. The van der Waals surface area contributed by atoms with E-state index in [1.807, 2.05) is 0 Å². The number of hydrogen-bond donors (Lipinski definition) is 1. The minimum atomic E-state index is -0.291. The molecule has 1 rings (SSSR count). The third-order valence-corrected chi connectivity index (χ3v) is 3.17. The van der Waals surface area contributed by atoms with E-state index in [9.17, 15) is 9.59 Å². The molecule has 0 unspecified atom stereocenters. The highest BCUT2D eigenvalue weighted by Gasteiger charge is 2.14. The molecule has 1 N–H and O–H groups in total. The summed E-state index contributed by atoms with van der Waals surface area (Å²) in [4.78, 5) is 22.5. The molecule has 17 heavy (non-hydrogen) atoms. The smallest absolute Gasteiger partial charge is 0.306 e. The van der Waals surface area contributed by atoms with Crippen LogP contribution < -0.4 is 5.32 Å². The number of ether oxygens (including phenoxy) is 1. The predicted molar refractivity (Wildman–Crippen MR) is 65.5 cm³/mol. The third kappa shape index (κ3) is 6.29. The molecule has 1 aliphatic rings. The van der Waals surface area contributed by atoms with Crippen LogP contribution in [0.3, 0.4) is 0 Å². The quantitative estimate of drug-likeness (QED) is 0.724. The van der Waals surface area contributed by atoms with Gasteiger partial charge in [0.2, 0.25) is 5.91 Å². The molecule has 0 radical (unpaired) electrons. The number of hydrogen-bond acceptors (Lipinski definition) is 3. The molecule has 1 aliphatic carbocycles. The molecule has 0 heterocycles. The van der Waals surface area contributed by atoms with E-state index >= 15 is 0 Å². The third-order valence-electron chi connectivity index (χ3n) is 3.17. The Kier molecular flexibility index (Phi) is 6.67. The minimum absolute atomic E-state index is 0.0383. The molecular formula is C13H23NO3. The van der Waals surface area contributed by atoms with Crippen LogP contribution >= 0.6 is 0 Å². The number of esters is 1. The van der Waals surface area contributed by atoms with Crippen molar-refractivity contribution in [2.24, 2.45) is 5.92 Å². The minimum Gasteiger partial charge on any atom is -0.466 e. The van der Waals surface area contributed by atoms with Crippen LogP contribution in [-0.4, -0.2) is 25.0 Å². The van der Waals surface area contributed by atoms with Crippen molar-refractivity contribution in [3.05, 3.63) is 0 Å². The van der Waals surface area contributed by atoms with Crippen molar-refractivity contribution < 1.29 is 14.3 Å². The van der Waals surface area contributed by atoms with E-state index < -0.39 is 0 Å². The molecule has 0 atom stereocenters. The summed E-state index contributed by atoms with van der Waals surface area (Å²) in [6.45, 7) is 2.91. The van der Waals surface area contributed by atoms with Crippen molar-refractivity contribution in [2.75, 3.05) is 13.2 Å². The molecule has 0 aliphatic heterocycles. The van der Waals surface area contributed by atoms with Gasteiger partial charge in [-0.2, -0.15) is 0 Å². The lowest BCUT2D eigenvalue weighted by Crippen LogP contribution is -2.30. The lowest BCUT2D eigenvalue weighted by molar-refractivity contribution is -0.144. The molecule has 0 spiro atoms. The van der Waals surface area contributed by atoms with Crippen LogP contribution in [-0.2, 0) is 14.3 Å². The second kappa shape index (κ2) is 8.09. The summed E-state index contributed by atoms with van der Waals surface area (Å²) < 4.78 is 4.77. The predicted octanol–water partition coefficient (Wildman–Crippen LogP) is 2.03. The second-order valence-corrected chi connectivity index (χ2v) is 4.61. The first-order chi connectivity index (χ1) is 8.22. The molecular weight excluding hydrogens is 218 g/mol. The number of amides is 1. The van der Waals surface area contributed by atoms with E-state index in [1.165, 1.54) is 32.1 Å². The Bertz CT molecular complexity index is 247. The number of rotatable bonds is 6. The topological polar surface area (TPSA) is 55.4 Å². The summed E-state index contributed by atoms with van der Waals surface area (Å²) in [5.74, 6) is 0.305. The molecule has 1 fully saturated rings. The number of carbonyl (C=O) groups excluding carboxylic acids is 2. The first-order valence-corrected chi connectivity index (χ1v) is 6.64. The Hall–Kier alpha value is -1.06. The SMILES string of the molecule is CCOC(=O)CCC(=O)NCC1CCCCC1. The van der Waals surface area contributed by atoms with Crippen molar-refractivity contribution in [2.45, 2.75) is 51.9 Å². The molecule has 4 nitrogen and oxygen atoms in total. The highest BCUT2D eigenvalue weighted by atomic mass is 16.5. The Morgan fingerprint density at radius 3 is 2.53 bits per heavy atom. The molecule has 1 amide bonds. The maximum atomic E-state index is 11.5. The van der Waals surface area contributed by atoms with Crippen LogP contribution in [0.15, 0.2) is 0 Å². The largest absolute Gasteiger partial charge is 0.466 e. The Balaban J connectivity index is 2.06. The fourth-order valence-corrected chi connectivity index (χ4v) is 2.19. The van der Waals surface area contributed by atoms with Gasteiger partial charge in [-0.1, -0.05) is 19.3 Å². The first kappa shape index (κ1) is 14.0. The average Bonchev–Trinajstić information content (AvgIpc) is 2.35. The van der Waals surface area contributed by atoms with E-state index in [0.717, 1.165) is 6.54 Å². The molecule has 0 saturated heterocycles. The first-order valence-electron chi connectivity index (χ1n) is 6.64. The fourth-order valence-electron chi connectivity index (χ4n) is 2.19. The highest BCUT2D eigenvalue weighted by molar-refractivity contribution is 5.81. The molecule has 98 valence electrons. The van der Waals surface area contributed by atoms with Gasteiger partial charge >= 0.3 is 5.97 Å². The van der Waals surface area contributed by atoms with Gasteiger partial charge in [0.15, 0.2) is 0 Å². The van der Waals surface area contributed by atoms with Gasteiger partial charge in [-0.25, -0.2) is 0 Å². The summed E-state index contributed by atoms with van der Waals surface area (Å²) in [5.41, 5.74) is 0. The van der Waals surface area contributed by atoms with Crippen LogP contribution in [0.25, 0.3) is 0 Å². The Labute approximate surface area is 103 Å². The number of carbonyl (C=O) groups is 2. The second-order valence-electron chi connectivity index (χ2n) is 4.61. The van der Waals surface area contributed by atoms with Crippen molar-refractivity contribution in [1.29, 1.82) is 0 Å². The van der Waals surface area contributed by atoms with Crippen LogP contribution in [0, 0.1) is 5.92 Å². The maximum Gasteiger partial charge on any atom is 0.306 e. The van der Waals surface area contributed by atoms with E-state index in [0.29, 0.717) is 12.5 Å². The molecule has 0 aromatic heterocycles. The van der Waals surface area contributed by atoms with Gasteiger partial charge in [-0.15, -0.1) is 0 Å². The van der Waals surface area contributed by atoms with Gasteiger partial charge in [0.05, 0.1) is 13.0 Å². The van der Waals surface area contributed by atoms with Crippen molar-refractivity contribution >= 4 is 11.9 Å². The normalized spacial score (nSPS) is 16.5. The lowest BCUT2D eigenvalue weighted by Gasteiger charge is -2.21. The zero-order valence-corrected chi connectivity index (χ0v) is 10.7. The molecule has 0 aromatic rings. The van der Waals surface area contributed by atoms with E-state index in [-0.39, 0.29) is 24.7 Å². The zero-order chi connectivity index (χ0) is 12.5. The zero-order valence-electron chi connectivity index (χ0n) is 10.7. The van der Waals surface area contributed by atoms with E-state index in [1.54, 1.807) is 6.92 Å². The van der Waals surface area contributed by atoms with E-state index in [4.69, 9.17) is 4.74 Å². The summed E-state index contributed by atoms with van der Waals surface area (Å²) >= 11 is 0. The van der Waals surface area contributed by atoms with Crippen LogP contribution in [0.5, 0.6) is 0 Å². The van der Waals surface area contributed by atoms with Gasteiger partial charge < -0.3 is 10.1 Å². The van der Waals surface area contributed by atoms with Crippen molar-refractivity contribution in [1.82, 2.24) is 5.32 Å². The van der Waals surface area contributed by atoms with Crippen LogP contribution in [0.2, 0.25) is 0 Å². The van der Waals surface area contributed by atoms with Gasteiger partial charge in [0.25, 0.3) is 0 Å². The van der Waals surface area contributed by atoms with E-state index in [2.05, 4.69) is 5.32 Å². The van der Waals surface area contributed by atoms with Crippen LogP contribution in [0.4, 0.5) is 0 Å². The molecule has 0 bridgehead atoms. The maximum absolute atomic E-state index is 11.5.